The van der Waals surface area contributed by atoms with Gasteiger partial charge in [0.05, 0.1) is 23.0 Å². The van der Waals surface area contributed by atoms with Gasteiger partial charge in [-0.1, -0.05) is 12.1 Å². The van der Waals surface area contributed by atoms with Crippen molar-refractivity contribution in [3.8, 4) is 5.88 Å². The van der Waals surface area contributed by atoms with E-state index in [1.54, 1.807) is 0 Å². The third-order valence-corrected chi connectivity index (χ3v) is 5.05. The monoisotopic (exact) mass is 430 g/mol. The fourth-order valence-electron chi connectivity index (χ4n) is 3.43. The summed E-state index contributed by atoms with van der Waals surface area (Å²) in [6.45, 7) is 2.14. The van der Waals surface area contributed by atoms with Gasteiger partial charge < -0.3 is 15.0 Å². The predicted octanol–water partition coefficient (Wildman–Crippen LogP) is 4.06. The molecule has 0 saturated carbocycles. The minimum atomic E-state index is -4.43. The standard InChI is InChI=1S/C22H21F3N4O2/c23-22(24,25)16-9-7-15(8-10-16)19(30)26-11-14-31-20-17-5-1-2-6-18(17)27-21(28-20)29-12-3-4-13-29/h1-2,5-10H,3-4,11-14H2,(H,26,30). The maximum Gasteiger partial charge on any atom is 0.416 e. The zero-order chi connectivity index (χ0) is 21.8. The zero-order valence-corrected chi connectivity index (χ0v) is 16.7. The van der Waals surface area contributed by atoms with Crippen molar-refractivity contribution in [1.29, 1.82) is 0 Å². The minimum Gasteiger partial charge on any atom is -0.475 e. The molecule has 0 aliphatic carbocycles. The molecule has 162 valence electrons. The van der Waals surface area contributed by atoms with Crippen LogP contribution in [-0.4, -0.2) is 42.1 Å². The Hall–Kier alpha value is -3.36. The number of nitrogens with one attached hydrogen (secondary N) is 1. The van der Waals surface area contributed by atoms with Crippen LogP contribution in [0.3, 0.4) is 0 Å². The summed E-state index contributed by atoms with van der Waals surface area (Å²) >= 11 is 0. The van der Waals surface area contributed by atoms with Gasteiger partial charge in [0.2, 0.25) is 11.8 Å². The number of amides is 1. The Morgan fingerprint density at radius 2 is 1.74 bits per heavy atom. The van der Waals surface area contributed by atoms with Crippen molar-refractivity contribution in [2.75, 3.05) is 31.1 Å². The second kappa shape index (κ2) is 8.79. The van der Waals surface area contributed by atoms with Gasteiger partial charge >= 0.3 is 6.18 Å². The average Bonchev–Trinajstić information content (AvgIpc) is 3.31. The van der Waals surface area contributed by atoms with E-state index in [0.29, 0.717) is 11.8 Å². The molecule has 0 atom stereocenters. The Labute approximate surface area is 177 Å². The molecule has 0 spiro atoms. The lowest BCUT2D eigenvalue weighted by atomic mass is 10.1. The first-order chi connectivity index (χ1) is 14.9. The average molecular weight is 430 g/mol. The second-order valence-electron chi connectivity index (χ2n) is 7.22. The summed E-state index contributed by atoms with van der Waals surface area (Å²) in [5.74, 6) is 0.596. The SMILES string of the molecule is O=C(NCCOc1nc(N2CCCC2)nc2ccccc12)c1ccc(C(F)(F)F)cc1. The molecule has 1 aromatic heterocycles. The van der Waals surface area contributed by atoms with Crippen LogP contribution in [0.25, 0.3) is 10.9 Å². The van der Waals surface area contributed by atoms with Gasteiger partial charge in [-0.25, -0.2) is 4.98 Å². The number of aromatic nitrogens is 2. The van der Waals surface area contributed by atoms with Crippen LogP contribution in [0.2, 0.25) is 0 Å². The molecule has 31 heavy (non-hydrogen) atoms. The van der Waals surface area contributed by atoms with Crippen molar-refractivity contribution in [3.63, 3.8) is 0 Å². The molecule has 9 heteroatoms. The molecule has 1 aliphatic rings. The van der Waals surface area contributed by atoms with Crippen molar-refractivity contribution in [3.05, 3.63) is 59.7 Å². The van der Waals surface area contributed by atoms with Gasteiger partial charge in [0.1, 0.15) is 6.61 Å². The maximum atomic E-state index is 12.6. The van der Waals surface area contributed by atoms with E-state index < -0.39 is 17.6 Å². The largest absolute Gasteiger partial charge is 0.475 e. The predicted molar refractivity (Wildman–Crippen MR) is 110 cm³/mol. The summed E-state index contributed by atoms with van der Waals surface area (Å²) < 4.78 is 43.7. The lowest BCUT2D eigenvalue weighted by Crippen LogP contribution is -2.28. The van der Waals surface area contributed by atoms with Gasteiger partial charge in [-0.2, -0.15) is 18.2 Å². The van der Waals surface area contributed by atoms with E-state index in [4.69, 9.17) is 4.74 Å². The number of hydrogen-bond donors (Lipinski definition) is 1. The molecule has 0 unspecified atom stereocenters. The summed E-state index contributed by atoms with van der Waals surface area (Å²) in [7, 11) is 0. The Morgan fingerprint density at radius 1 is 1.03 bits per heavy atom. The lowest BCUT2D eigenvalue weighted by molar-refractivity contribution is -0.137. The fraction of sp³-hybridized carbons (Fsp3) is 0.318. The minimum absolute atomic E-state index is 0.150. The molecule has 1 fully saturated rings. The maximum absolute atomic E-state index is 12.6. The van der Waals surface area contributed by atoms with Gasteiger partial charge in [0.25, 0.3) is 5.91 Å². The molecular weight excluding hydrogens is 409 g/mol. The smallest absolute Gasteiger partial charge is 0.416 e. The summed E-state index contributed by atoms with van der Waals surface area (Å²) in [4.78, 5) is 23.5. The van der Waals surface area contributed by atoms with Gasteiger partial charge in [-0.3, -0.25) is 4.79 Å². The number of nitrogens with zero attached hydrogens (tertiary/aromatic N) is 3. The van der Waals surface area contributed by atoms with Gasteiger partial charge in [0.15, 0.2) is 0 Å². The molecule has 1 N–H and O–H groups in total. The van der Waals surface area contributed by atoms with E-state index in [0.717, 1.165) is 61.1 Å². The number of halogens is 3. The van der Waals surface area contributed by atoms with Crippen molar-refractivity contribution < 1.29 is 22.7 Å². The fourth-order valence-corrected chi connectivity index (χ4v) is 3.43. The van der Waals surface area contributed by atoms with Crippen molar-refractivity contribution in [1.82, 2.24) is 15.3 Å². The highest BCUT2D eigenvalue weighted by Gasteiger charge is 2.30. The summed E-state index contributed by atoms with van der Waals surface area (Å²) in [6.07, 6.45) is -2.23. The van der Waals surface area contributed by atoms with Crippen LogP contribution in [0.5, 0.6) is 5.88 Å². The summed E-state index contributed by atoms with van der Waals surface area (Å²) in [5.41, 5.74) is 0.136. The number of alkyl halides is 3. The van der Waals surface area contributed by atoms with Gasteiger partial charge in [-0.05, 0) is 49.2 Å². The number of anilines is 1. The number of para-hydroxylation sites is 1. The number of fused-ring (bicyclic) bond motifs is 1. The van der Waals surface area contributed by atoms with Crippen LogP contribution in [0, 0.1) is 0 Å². The second-order valence-corrected chi connectivity index (χ2v) is 7.22. The first kappa shape index (κ1) is 20.9. The van der Waals surface area contributed by atoms with Crippen LogP contribution >= 0.6 is 0 Å². The van der Waals surface area contributed by atoms with E-state index in [9.17, 15) is 18.0 Å². The molecule has 2 heterocycles. The Morgan fingerprint density at radius 3 is 2.45 bits per heavy atom. The summed E-state index contributed by atoms with van der Waals surface area (Å²) in [5, 5.41) is 3.42. The van der Waals surface area contributed by atoms with E-state index in [-0.39, 0.29) is 18.7 Å². The van der Waals surface area contributed by atoms with E-state index in [1.165, 1.54) is 0 Å². The first-order valence-electron chi connectivity index (χ1n) is 10.0. The topological polar surface area (TPSA) is 67.3 Å². The number of rotatable bonds is 6. The molecule has 0 radical (unpaired) electrons. The highest BCUT2D eigenvalue weighted by molar-refractivity contribution is 5.94. The van der Waals surface area contributed by atoms with Crippen molar-refractivity contribution >= 4 is 22.8 Å². The number of carbonyl (C=O) groups is 1. The quantitative estimate of drug-likeness (QED) is 0.598. The van der Waals surface area contributed by atoms with Crippen LogP contribution in [0.4, 0.5) is 19.1 Å². The van der Waals surface area contributed by atoms with Crippen LogP contribution in [-0.2, 0) is 6.18 Å². The Balaban J connectivity index is 1.38. The third-order valence-electron chi connectivity index (χ3n) is 5.05. The molecule has 0 bridgehead atoms. The van der Waals surface area contributed by atoms with Crippen LogP contribution < -0.4 is 15.0 Å². The van der Waals surface area contributed by atoms with Crippen LogP contribution in [0.1, 0.15) is 28.8 Å². The molecule has 6 nitrogen and oxygen atoms in total. The Bertz CT molecular complexity index is 1060. The Kier molecular flexibility index (Phi) is 5.92. The number of benzene rings is 2. The molecular formula is C22H21F3N4O2. The highest BCUT2D eigenvalue weighted by Crippen LogP contribution is 2.29. The molecule has 3 aromatic rings. The first-order valence-corrected chi connectivity index (χ1v) is 10.0. The normalized spacial score (nSPS) is 14.1. The van der Waals surface area contributed by atoms with Gasteiger partial charge in [-0.15, -0.1) is 0 Å². The molecule has 1 amide bonds. The van der Waals surface area contributed by atoms with E-state index in [2.05, 4.69) is 20.2 Å². The zero-order valence-electron chi connectivity index (χ0n) is 16.7. The highest BCUT2D eigenvalue weighted by atomic mass is 19.4. The van der Waals surface area contributed by atoms with Crippen molar-refractivity contribution in [2.45, 2.75) is 19.0 Å². The number of ether oxygens (including phenoxy) is 1. The number of carbonyl (C=O) groups excluding carboxylic acids is 1. The third kappa shape index (κ3) is 4.87. The molecule has 1 saturated heterocycles. The van der Waals surface area contributed by atoms with Gasteiger partial charge in [0, 0.05) is 18.7 Å². The molecule has 4 rings (SSSR count). The van der Waals surface area contributed by atoms with E-state index in [1.807, 2.05) is 24.3 Å². The molecule has 2 aromatic carbocycles. The van der Waals surface area contributed by atoms with Crippen molar-refractivity contribution in [2.24, 2.45) is 0 Å². The lowest BCUT2D eigenvalue weighted by Gasteiger charge is -2.17. The summed E-state index contributed by atoms with van der Waals surface area (Å²) in [6, 6.07) is 11.6. The van der Waals surface area contributed by atoms with Crippen LogP contribution in [0.15, 0.2) is 48.5 Å². The number of hydrogen-bond acceptors (Lipinski definition) is 5. The van der Waals surface area contributed by atoms with E-state index >= 15 is 0 Å². The molecule has 1 aliphatic heterocycles.